The summed E-state index contributed by atoms with van der Waals surface area (Å²) in [5.74, 6) is -0.981. The summed E-state index contributed by atoms with van der Waals surface area (Å²) in [5, 5.41) is 4.87. The van der Waals surface area contributed by atoms with Crippen LogP contribution in [0.15, 0.2) is 28.6 Å². The number of methoxy groups -OCH3 is 1. The smallest absolute Gasteiger partial charge is 0.331 e. The number of nitrogens with one attached hydrogen (secondary N) is 1. The zero-order valence-corrected chi connectivity index (χ0v) is 14.8. The van der Waals surface area contributed by atoms with Crippen LogP contribution in [0.25, 0.3) is 11.4 Å². The number of pyridine rings is 1. The average Bonchev–Trinajstić information content (AvgIpc) is 3.08. The van der Waals surface area contributed by atoms with E-state index in [2.05, 4.69) is 25.0 Å². The van der Waals surface area contributed by atoms with Crippen molar-refractivity contribution >= 4 is 34.3 Å². The number of ether oxygens (including phenoxy) is 2. The molecule has 0 saturated heterocycles. The molecule has 0 bridgehead atoms. The lowest BCUT2D eigenvalue weighted by atomic mass is 10.2. The third-order valence-electron chi connectivity index (χ3n) is 2.93. The fourth-order valence-electron chi connectivity index (χ4n) is 1.79. The summed E-state index contributed by atoms with van der Waals surface area (Å²) < 4.78 is 9.32. The largest absolute Gasteiger partial charge is 0.467 e. The van der Waals surface area contributed by atoms with E-state index in [0.717, 1.165) is 0 Å². The maximum atomic E-state index is 11.7. The van der Waals surface area contributed by atoms with Crippen LogP contribution in [-0.2, 0) is 25.6 Å². The molecule has 138 valence electrons. The number of nitrogens with zero attached hydrogens (tertiary/aromatic N) is 3. The molecular weight excluding hydrogens is 360 g/mol. The van der Waals surface area contributed by atoms with Crippen LogP contribution in [0.2, 0.25) is 0 Å². The van der Waals surface area contributed by atoms with Crippen molar-refractivity contribution in [3.05, 3.63) is 29.3 Å². The number of esters is 1. The number of aromatic nitrogens is 2. The molecule has 0 spiro atoms. The van der Waals surface area contributed by atoms with Crippen LogP contribution >= 0.6 is 11.3 Å². The number of amides is 1. The molecular formula is C15H18N6O4S. The minimum Gasteiger partial charge on any atom is -0.467 e. The van der Waals surface area contributed by atoms with Gasteiger partial charge in [-0.25, -0.2) is 14.8 Å². The Hall–Kier alpha value is -3.05. The van der Waals surface area contributed by atoms with E-state index in [1.807, 2.05) is 0 Å². The SMILES string of the molecule is COC(=O)COCC(=O)NCc1cccc(-c2csc(N=C(N)N)n2)n1. The molecule has 0 saturated carbocycles. The zero-order chi connectivity index (χ0) is 18.9. The Morgan fingerprint density at radius 2 is 2.04 bits per heavy atom. The van der Waals surface area contributed by atoms with Gasteiger partial charge < -0.3 is 26.3 Å². The van der Waals surface area contributed by atoms with Crippen LogP contribution in [0, 0.1) is 0 Å². The van der Waals surface area contributed by atoms with Crippen molar-refractivity contribution in [1.29, 1.82) is 0 Å². The first-order valence-electron chi connectivity index (χ1n) is 7.40. The molecule has 26 heavy (non-hydrogen) atoms. The number of nitrogens with two attached hydrogens (primary N) is 2. The minimum atomic E-state index is -0.546. The molecule has 0 aromatic carbocycles. The number of rotatable bonds is 8. The van der Waals surface area contributed by atoms with Crippen molar-refractivity contribution in [2.45, 2.75) is 6.54 Å². The topological polar surface area (TPSA) is 155 Å². The van der Waals surface area contributed by atoms with Gasteiger partial charge in [-0.05, 0) is 12.1 Å². The fourth-order valence-corrected chi connectivity index (χ4v) is 2.49. The van der Waals surface area contributed by atoms with E-state index >= 15 is 0 Å². The molecule has 0 aliphatic carbocycles. The van der Waals surface area contributed by atoms with Crippen molar-refractivity contribution in [2.24, 2.45) is 16.5 Å². The highest BCUT2D eigenvalue weighted by atomic mass is 32.1. The van der Waals surface area contributed by atoms with Gasteiger partial charge in [-0.3, -0.25) is 4.79 Å². The number of hydrogen-bond acceptors (Lipinski definition) is 8. The predicted molar refractivity (Wildman–Crippen MR) is 95.5 cm³/mol. The predicted octanol–water partition coefficient (Wildman–Crippen LogP) is -0.0842. The fraction of sp³-hybridized carbons (Fsp3) is 0.267. The molecule has 0 fully saturated rings. The normalized spacial score (nSPS) is 10.2. The van der Waals surface area contributed by atoms with Gasteiger partial charge in [0.25, 0.3) is 0 Å². The van der Waals surface area contributed by atoms with Crippen LogP contribution in [0.5, 0.6) is 0 Å². The summed E-state index contributed by atoms with van der Waals surface area (Å²) in [6, 6.07) is 5.36. The van der Waals surface area contributed by atoms with Crippen molar-refractivity contribution in [2.75, 3.05) is 20.3 Å². The van der Waals surface area contributed by atoms with Crippen molar-refractivity contribution in [1.82, 2.24) is 15.3 Å². The maximum absolute atomic E-state index is 11.7. The molecule has 2 aromatic rings. The van der Waals surface area contributed by atoms with Gasteiger partial charge in [-0.2, -0.15) is 4.99 Å². The summed E-state index contributed by atoms with van der Waals surface area (Å²) in [4.78, 5) is 35.2. The monoisotopic (exact) mass is 378 g/mol. The second kappa shape index (κ2) is 9.44. The van der Waals surface area contributed by atoms with Crippen LogP contribution < -0.4 is 16.8 Å². The second-order valence-corrected chi connectivity index (χ2v) is 5.75. The standard InChI is InChI=1S/C15H18N6O4S/c1-24-13(23)7-25-6-12(22)18-5-9-3-2-4-10(19-9)11-8-26-15(20-11)21-14(16)17/h2-4,8H,5-7H2,1H3,(H,18,22)(H4,16,17,20,21). The zero-order valence-electron chi connectivity index (χ0n) is 14.0. The van der Waals surface area contributed by atoms with E-state index in [0.29, 0.717) is 22.2 Å². The Balaban J connectivity index is 1.91. The number of aliphatic imine (C=N–C) groups is 1. The Kier molecular flexibility index (Phi) is 7.00. The van der Waals surface area contributed by atoms with Crippen LogP contribution in [0.3, 0.4) is 0 Å². The third-order valence-corrected chi connectivity index (χ3v) is 3.67. The van der Waals surface area contributed by atoms with E-state index in [9.17, 15) is 9.59 Å². The van der Waals surface area contributed by atoms with Gasteiger partial charge in [0.2, 0.25) is 11.0 Å². The van der Waals surface area contributed by atoms with E-state index in [4.69, 9.17) is 16.2 Å². The number of carbonyl (C=O) groups is 2. The molecule has 2 heterocycles. The number of thiazole rings is 1. The Bertz CT molecular complexity index is 803. The highest BCUT2D eigenvalue weighted by Gasteiger charge is 2.08. The van der Waals surface area contributed by atoms with Crippen LogP contribution in [0.1, 0.15) is 5.69 Å². The molecule has 10 nitrogen and oxygen atoms in total. The quantitative estimate of drug-likeness (QED) is 0.327. The molecule has 5 N–H and O–H groups in total. The molecule has 2 aromatic heterocycles. The molecule has 0 atom stereocenters. The molecule has 0 radical (unpaired) electrons. The van der Waals surface area contributed by atoms with Gasteiger partial charge in [-0.15, -0.1) is 11.3 Å². The molecule has 1 amide bonds. The lowest BCUT2D eigenvalue weighted by molar-refractivity contribution is -0.147. The van der Waals surface area contributed by atoms with Crippen molar-refractivity contribution in [3.8, 4) is 11.4 Å². The molecule has 2 rings (SSSR count). The first-order chi connectivity index (χ1) is 12.5. The highest BCUT2D eigenvalue weighted by Crippen LogP contribution is 2.25. The molecule has 11 heteroatoms. The van der Waals surface area contributed by atoms with Gasteiger partial charge in [0.05, 0.1) is 25.0 Å². The van der Waals surface area contributed by atoms with Gasteiger partial charge in [0.15, 0.2) is 5.96 Å². The van der Waals surface area contributed by atoms with Gasteiger partial charge in [-0.1, -0.05) is 6.07 Å². The molecule has 0 aliphatic rings. The summed E-state index contributed by atoms with van der Waals surface area (Å²) in [6.45, 7) is -0.318. The Labute approximate surface area is 153 Å². The van der Waals surface area contributed by atoms with Crippen molar-refractivity contribution in [3.63, 3.8) is 0 Å². The summed E-state index contributed by atoms with van der Waals surface area (Å²) in [6.07, 6.45) is 0. The first-order valence-corrected chi connectivity index (χ1v) is 8.28. The summed E-state index contributed by atoms with van der Waals surface area (Å²) in [5.41, 5.74) is 12.6. The molecule has 0 unspecified atom stereocenters. The summed E-state index contributed by atoms with van der Waals surface area (Å²) in [7, 11) is 1.24. The van der Waals surface area contributed by atoms with Gasteiger partial charge in [0.1, 0.15) is 18.9 Å². The Morgan fingerprint density at radius 1 is 1.23 bits per heavy atom. The van der Waals surface area contributed by atoms with Crippen LogP contribution in [0.4, 0.5) is 5.13 Å². The van der Waals surface area contributed by atoms with E-state index in [-0.39, 0.29) is 31.6 Å². The van der Waals surface area contributed by atoms with E-state index < -0.39 is 5.97 Å². The number of hydrogen-bond donors (Lipinski definition) is 3. The van der Waals surface area contributed by atoms with Gasteiger partial charge in [0, 0.05) is 5.38 Å². The average molecular weight is 378 g/mol. The van der Waals surface area contributed by atoms with E-state index in [1.54, 1.807) is 23.6 Å². The lowest BCUT2D eigenvalue weighted by Crippen LogP contribution is -2.28. The second-order valence-electron chi connectivity index (χ2n) is 4.91. The highest BCUT2D eigenvalue weighted by molar-refractivity contribution is 7.13. The Morgan fingerprint density at radius 3 is 2.77 bits per heavy atom. The first kappa shape index (κ1) is 19.3. The minimum absolute atomic E-state index is 0.0651. The van der Waals surface area contributed by atoms with E-state index in [1.165, 1.54) is 18.4 Å². The maximum Gasteiger partial charge on any atom is 0.331 e. The van der Waals surface area contributed by atoms with Crippen LogP contribution in [-0.4, -0.2) is 48.1 Å². The summed E-state index contributed by atoms with van der Waals surface area (Å²) >= 11 is 1.29. The number of guanidine groups is 1. The molecule has 0 aliphatic heterocycles. The number of carbonyl (C=O) groups excluding carboxylic acids is 2. The van der Waals surface area contributed by atoms with Crippen molar-refractivity contribution < 1.29 is 19.1 Å². The lowest BCUT2D eigenvalue weighted by Gasteiger charge is -2.06. The van der Waals surface area contributed by atoms with Gasteiger partial charge >= 0.3 is 5.97 Å². The third kappa shape index (κ3) is 6.11.